The van der Waals surface area contributed by atoms with E-state index in [1.54, 1.807) is 50.2 Å². The molecule has 3 heterocycles. The number of anilines is 1. The topological polar surface area (TPSA) is 147 Å². The number of aryl methyl sites for hydroxylation is 3. The van der Waals surface area contributed by atoms with Gasteiger partial charge in [0.25, 0.3) is 17.0 Å². The molecule has 0 radical (unpaired) electrons. The Balaban J connectivity index is 1.62. The molecule has 0 aliphatic rings. The number of aromatic nitrogens is 4. The highest BCUT2D eigenvalue weighted by Crippen LogP contribution is 2.25. The Morgan fingerprint density at radius 3 is 2.44 bits per heavy atom. The van der Waals surface area contributed by atoms with E-state index in [9.17, 15) is 23.6 Å². The van der Waals surface area contributed by atoms with Gasteiger partial charge in [0.2, 0.25) is 5.91 Å². The summed E-state index contributed by atoms with van der Waals surface area (Å²) in [5, 5.41) is 2.33. The highest BCUT2D eigenvalue weighted by atomic mass is 19.1. The molecule has 3 N–H and O–H groups in total. The van der Waals surface area contributed by atoms with Gasteiger partial charge in [0, 0.05) is 24.8 Å². The molecule has 3 aromatic heterocycles. The Hall–Kier alpha value is -5.26. The summed E-state index contributed by atoms with van der Waals surface area (Å²) in [5.74, 6) is -1.81. The van der Waals surface area contributed by atoms with Crippen LogP contribution in [-0.4, -0.2) is 30.9 Å². The van der Waals surface area contributed by atoms with E-state index in [2.05, 4.69) is 10.3 Å². The number of halogens is 1. The van der Waals surface area contributed by atoms with E-state index in [0.29, 0.717) is 22.6 Å². The van der Waals surface area contributed by atoms with E-state index in [-0.39, 0.29) is 40.0 Å². The fourth-order valence-electron chi connectivity index (χ4n) is 4.61. The van der Waals surface area contributed by atoms with E-state index in [1.807, 2.05) is 0 Å². The Morgan fingerprint density at radius 2 is 1.82 bits per heavy atom. The Kier molecular flexibility index (Phi) is 6.22. The van der Waals surface area contributed by atoms with Crippen molar-refractivity contribution in [1.29, 1.82) is 0 Å². The average molecular weight is 531 g/mol. The zero-order chi connectivity index (χ0) is 28.0. The first-order chi connectivity index (χ1) is 18.6. The smallest absolute Gasteiger partial charge is 0.290 e. The van der Waals surface area contributed by atoms with Crippen LogP contribution in [0.25, 0.3) is 27.7 Å². The van der Waals surface area contributed by atoms with Gasteiger partial charge in [-0.3, -0.25) is 23.9 Å². The van der Waals surface area contributed by atoms with Crippen LogP contribution in [0.2, 0.25) is 0 Å². The molecule has 2 aromatic carbocycles. The maximum atomic E-state index is 15.0. The van der Waals surface area contributed by atoms with Crippen LogP contribution in [0.5, 0.6) is 0 Å². The van der Waals surface area contributed by atoms with Gasteiger partial charge in [0.1, 0.15) is 16.7 Å². The molecule has 12 heteroatoms. The molecule has 0 aliphatic carbocycles. The molecule has 11 nitrogen and oxygen atoms in total. The quantitative estimate of drug-likeness (QED) is 0.345. The van der Waals surface area contributed by atoms with Crippen LogP contribution >= 0.6 is 0 Å². The van der Waals surface area contributed by atoms with E-state index in [1.165, 1.54) is 28.5 Å². The van der Waals surface area contributed by atoms with Crippen molar-refractivity contribution in [3.63, 3.8) is 0 Å². The van der Waals surface area contributed by atoms with Crippen molar-refractivity contribution in [2.24, 2.45) is 12.8 Å². The summed E-state index contributed by atoms with van der Waals surface area (Å²) >= 11 is 0. The second-order valence-corrected chi connectivity index (χ2v) is 8.78. The molecule has 0 bridgehead atoms. The van der Waals surface area contributed by atoms with Crippen molar-refractivity contribution in [3.8, 4) is 16.8 Å². The number of primary amides is 1. The lowest BCUT2D eigenvalue weighted by Crippen LogP contribution is -2.21. The summed E-state index contributed by atoms with van der Waals surface area (Å²) in [6.45, 7) is 3.62. The van der Waals surface area contributed by atoms with Crippen LogP contribution in [-0.2, 0) is 13.6 Å². The highest BCUT2D eigenvalue weighted by molar-refractivity contribution is 6.10. The number of fused-ring (bicyclic) bond motifs is 1. The third-order valence-corrected chi connectivity index (χ3v) is 6.36. The minimum Gasteiger partial charge on any atom is -0.381 e. The number of hydrogen-bond donors (Lipinski definition) is 2. The first kappa shape index (κ1) is 25.4. The molecule has 39 heavy (non-hydrogen) atoms. The van der Waals surface area contributed by atoms with Crippen molar-refractivity contribution in [3.05, 3.63) is 98.3 Å². The zero-order valence-electron chi connectivity index (χ0n) is 21.2. The van der Waals surface area contributed by atoms with Crippen LogP contribution in [0.1, 0.15) is 33.5 Å². The number of benzene rings is 2. The summed E-state index contributed by atoms with van der Waals surface area (Å²) in [4.78, 5) is 54.6. The Morgan fingerprint density at radius 1 is 1.10 bits per heavy atom. The highest BCUT2D eigenvalue weighted by Gasteiger charge is 2.25. The van der Waals surface area contributed by atoms with Crippen molar-refractivity contribution >= 4 is 28.4 Å². The number of carbonyl (C=O) groups excluding carboxylic acids is 2. The van der Waals surface area contributed by atoms with Gasteiger partial charge in [-0.25, -0.2) is 14.1 Å². The lowest BCUT2D eigenvalue weighted by atomic mass is 10.1. The summed E-state index contributed by atoms with van der Waals surface area (Å²) in [7, 11) is 1.51. The number of pyridine rings is 1. The maximum absolute atomic E-state index is 15.0. The fraction of sp³-hybridized carbons (Fsp3) is 0.148. The van der Waals surface area contributed by atoms with Crippen molar-refractivity contribution in [1.82, 2.24) is 19.1 Å². The minimum atomic E-state index is -0.877. The third-order valence-electron chi connectivity index (χ3n) is 6.36. The largest absolute Gasteiger partial charge is 0.381 e. The van der Waals surface area contributed by atoms with Gasteiger partial charge < -0.3 is 15.6 Å². The van der Waals surface area contributed by atoms with Gasteiger partial charge in [-0.2, -0.15) is 4.74 Å². The minimum absolute atomic E-state index is 0.00896. The summed E-state index contributed by atoms with van der Waals surface area (Å²) in [6, 6.07) is 12.6. The molecule has 0 saturated carbocycles. The van der Waals surface area contributed by atoms with Crippen LogP contribution in [0, 0.1) is 12.7 Å². The van der Waals surface area contributed by atoms with Gasteiger partial charge in [0.05, 0.1) is 17.4 Å². The molecule has 0 atom stereocenters. The molecule has 0 saturated heterocycles. The number of amides is 2. The van der Waals surface area contributed by atoms with Gasteiger partial charge in [-0.05, 0) is 49.7 Å². The molecule has 5 aromatic rings. The number of nitrogens with zero attached hydrogens (tertiary/aromatic N) is 4. The summed E-state index contributed by atoms with van der Waals surface area (Å²) in [5.41, 5.74) is 6.00. The predicted octanol–water partition coefficient (Wildman–Crippen LogP) is 2.96. The van der Waals surface area contributed by atoms with Crippen LogP contribution in [0.4, 0.5) is 10.1 Å². The lowest BCUT2D eigenvalue weighted by Gasteiger charge is -2.13. The van der Waals surface area contributed by atoms with Crippen LogP contribution in [0.15, 0.2) is 68.8 Å². The SMILES string of the molecule is CCn1c2c(C(=O)Nc3cccc(C(N)=O)c3)ncc(F)c2c(=O)n1-c1ccc(-c2c(C)on(C)c2=O)cc1. The molecule has 0 spiro atoms. The number of nitrogens with one attached hydrogen (secondary N) is 1. The van der Waals surface area contributed by atoms with Gasteiger partial charge in [-0.1, -0.05) is 18.2 Å². The normalized spacial score (nSPS) is 11.2. The molecule has 0 unspecified atom stereocenters. The Bertz CT molecular complexity index is 1900. The Labute approximate surface area is 219 Å². The van der Waals surface area contributed by atoms with Crippen molar-refractivity contribution in [2.45, 2.75) is 20.4 Å². The van der Waals surface area contributed by atoms with E-state index >= 15 is 0 Å². The van der Waals surface area contributed by atoms with Gasteiger partial charge >= 0.3 is 0 Å². The monoisotopic (exact) mass is 530 g/mol. The second-order valence-electron chi connectivity index (χ2n) is 8.78. The lowest BCUT2D eigenvalue weighted by molar-refractivity contribution is 0.0995. The molecule has 198 valence electrons. The number of nitrogens with two attached hydrogens (primary N) is 1. The van der Waals surface area contributed by atoms with E-state index in [4.69, 9.17) is 10.3 Å². The van der Waals surface area contributed by atoms with Crippen LogP contribution < -0.4 is 22.2 Å². The van der Waals surface area contributed by atoms with Crippen molar-refractivity contribution in [2.75, 3.05) is 5.32 Å². The van der Waals surface area contributed by atoms with E-state index in [0.717, 1.165) is 10.9 Å². The zero-order valence-corrected chi connectivity index (χ0v) is 21.2. The first-order valence-corrected chi connectivity index (χ1v) is 11.9. The second kappa shape index (κ2) is 9.56. The molecule has 0 aliphatic heterocycles. The van der Waals surface area contributed by atoms with Gasteiger partial charge in [0.15, 0.2) is 11.5 Å². The molecule has 2 amide bonds. The van der Waals surface area contributed by atoms with Crippen LogP contribution in [0.3, 0.4) is 0 Å². The van der Waals surface area contributed by atoms with Crippen molar-refractivity contribution < 1.29 is 18.5 Å². The van der Waals surface area contributed by atoms with E-state index < -0.39 is 23.2 Å². The number of hydrogen-bond acceptors (Lipinski definition) is 6. The fourth-order valence-corrected chi connectivity index (χ4v) is 4.61. The number of carbonyl (C=O) groups is 2. The predicted molar refractivity (Wildman–Crippen MR) is 142 cm³/mol. The molecular formula is C27H23FN6O5. The van der Waals surface area contributed by atoms with Gasteiger partial charge in [-0.15, -0.1) is 0 Å². The first-order valence-electron chi connectivity index (χ1n) is 11.9. The molecule has 5 rings (SSSR count). The average Bonchev–Trinajstić information content (AvgIpc) is 3.35. The number of rotatable bonds is 6. The molecule has 0 fully saturated rings. The molecular weight excluding hydrogens is 507 g/mol. The maximum Gasteiger partial charge on any atom is 0.290 e. The standard InChI is InChI=1S/C27H23FN6O5/c1-4-33-23-21(19(28)13-30-22(23)25(36)31-17-7-5-6-16(12-17)24(29)35)27(38)34(33)18-10-8-15(9-11-18)20-14(2)39-32(3)26(20)37/h5-13H,4H2,1-3H3,(H2,29,35)(H,31,36). The summed E-state index contributed by atoms with van der Waals surface area (Å²) in [6.07, 6.45) is 0.823. The third kappa shape index (κ3) is 4.21. The summed E-state index contributed by atoms with van der Waals surface area (Å²) < 4.78 is 24.2.